The Morgan fingerprint density at radius 2 is 2.11 bits per heavy atom. The molecular formula is C14H18F3NS. The van der Waals surface area contributed by atoms with Crippen LogP contribution in [0.3, 0.4) is 0 Å². The molecular weight excluding hydrogens is 271 g/mol. The van der Waals surface area contributed by atoms with E-state index in [2.05, 4.69) is 12.2 Å². The van der Waals surface area contributed by atoms with E-state index in [1.165, 1.54) is 12.1 Å². The van der Waals surface area contributed by atoms with Crippen LogP contribution in [0.15, 0.2) is 24.3 Å². The van der Waals surface area contributed by atoms with E-state index in [4.69, 9.17) is 0 Å². The van der Waals surface area contributed by atoms with Crippen LogP contribution in [0.4, 0.5) is 13.2 Å². The maximum atomic E-state index is 12.7. The molecule has 0 spiro atoms. The predicted molar refractivity (Wildman–Crippen MR) is 73.4 cm³/mol. The Kier molecular flexibility index (Phi) is 4.79. The molecule has 0 bridgehead atoms. The molecule has 0 radical (unpaired) electrons. The van der Waals surface area contributed by atoms with Crippen molar-refractivity contribution in [2.24, 2.45) is 5.92 Å². The van der Waals surface area contributed by atoms with Crippen molar-refractivity contribution in [2.45, 2.75) is 25.6 Å². The van der Waals surface area contributed by atoms with E-state index in [1.54, 1.807) is 6.07 Å². The van der Waals surface area contributed by atoms with Crippen LogP contribution in [0.1, 0.15) is 18.1 Å². The van der Waals surface area contributed by atoms with E-state index in [1.807, 2.05) is 11.8 Å². The van der Waals surface area contributed by atoms with Crippen LogP contribution in [0.2, 0.25) is 0 Å². The summed E-state index contributed by atoms with van der Waals surface area (Å²) in [6.07, 6.45) is -3.53. The van der Waals surface area contributed by atoms with Gasteiger partial charge < -0.3 is 5.32 Å². The summed E-state index contributed by atoms with van der Waals surface area (Å²) in [7, 11) is 0. The summed E-state index contributed by atoms with van der Waals surface area (Å²) in [5.41, 5.74) is 0.237. The van der Waals surface area contributed by atoms with E-state index in [9.17, 15) is 13.2 Å². The standard InChI is InChI=1S/C14H18F3NS/c1-2-18-13-9-19-8-11(13)6-10-4-3-5-12(7-10)14(15,16)17/h3-5,7,11,13,18H,2,6,8-9H2,1H3. The van der Waals surface area contributed by atoms with E-state index >= 15 is 0 Å². The van der Waals surface area contributed by atoms with Gasteiger partial charge in [0.15, 0.2) is 0 Å². The first-order valence-corrected chi connectivity index (χ1v) is 7.63. The van der Waals surface area contributed by atoms with E-state index in [0.717, 1.165) is 29.7 Å². The smallest absolute Gasteiger partial charge is 0.313 e. The molecule has 5 heteroatoms. The van der Waals surface area contributed by atoms with Gasteiger partial charge in [-0.05, 0) is 36.3 Å². The summed E-state index contributed by atoms with van der Waals surface area (Å²) in [4.78, 5) is 0. The highest BCUT2D eigenvalue weighted by Crippen LogP contribution is 2.32. The molecule has 1 N–H and O–H groups in total. The fourth-order valence-electron chi connectivity index (χ4n) is 2.46. The monoisotopic (exact) mass is 289 g/mol. The normalized spacial score (nSPS) is 23.8. The van der Waals surface area contributed by atoms with Gasteiger partial charge in [-0.25, -0.2) is 0 Å². The zero-order valence-electron chi connectivity index (χ0n) is 10.8. The molecule has 1 aromatic carbocycles. The first-order chi connectivity index (χ1) is 9.00. The van der Waals surface area contributed by atoms with E-state index in [0.29, 0.717) is 18.4 Å². The van der Waals surface area contributed by atoms with Gasteiger partial charge in [-0.2, -0.15) is 24.9 Å². The van der Waals surface area contributed by atoms with Crippen LogP contribution in [0.5, 0.6) is 0 Å². The fourth-order valence-corrected chi connectivity index (χ4v) is 3.90. The lowest BCUT2D eigenvalue weighted by Crippen LogP contribution is -2.36. The lowest BCUT2D eigenvalue weighted by Gasteiger charge is -2.20. The number of benzene rings is 1. The van der Waals surface area contributed by atoms with Crippen LogP contribution in [-0.4, -0.2) is 24.1 Å². The third-order valence-electron chi connectivity index (χ3n) is 3.42. The summed E-state index contributed by atoms with van der Waals surface area (Å²) >= 11 is 1.87. The van der Waals surface area contributed by atoms with Crippen molar-refractivity contribution in [3.63, 3.8) is 0 Å². The minimum absolute atomic E-state index is 0.421. The Bertz CT molecular complexity index is 419. The maximum Gasteiger partial charge on any atom is 0.416 e. The van der Waals surface area contributed by atoms with Crippen LogP contribution in [-0.2, 0) is 12.6 Å². The van der Waals surface area contributed by atoms with Gasteiger partial charge in [0.1, 0.15) is 0 Å². The second kappa shape index (κ2) is 6.18. The van der Waals surface area contributed by atoms with Gasteiger partial charge in [0, 0.05) is 11.8 Å². The van der Waals surface area contributed by atoms with Crippen molar-refractivity contribution < 1.29 is 13.2 Å². The Morgan fingerprint density at radius 3 is 2.79 bits per heavy atom. The first kappa shape index (κ1) is 14.7. The summed E-state index contributed by atoms with van der Waals surface area (Å²) in [6, 6.07) is 6.13. The molecule has 0 aliphatic carbocycles. The fraction of sp³-hybridized carbons (Fsp3) is 0.571. The van der Waals surface area contributed by atoms with Gasteiger partial charge in [0.2, 0.25) is 0 Å². The summed E-state index contributed by atoms with van der Waals surface area (Å²) in [5, 5.41) is 3.42. The number of nitrogens with one attached hydrogen (secondary N) is 1. The van der Waals surface area contributed by atoms with E-state index < -0.39 is 11.7 Å². The van der Waals surface area contributed by atoms with Gasteiger partial charge in [-0.15, -0.1) is 0 Å². The van der Waals surface area contributed by atoms with Crippen molar-refractivity contribution in [3.05, 3.63) is 35.4 Å². The number of hydrogen-bond acceptors (Lipinski definition) is 2. The molecule has 106 valence electrons. The largest absolute Gasteiger partial charge is 0.416 e. The van der Waals surface area contributed by atoms with Gasteiger partial charge in [0.25, 0.3) is 0 Å². The molecule has 2 atom stereocenters. The number of thioether (sulfide) groups is 1. The minimum Gasteiger partial charge on any atom is -0.313 e. The number of alkyl halides is 3. The van der Waals surface area contributed by atoms with Crippen molar-refractivity contribution in [1.29, 1.82) is 0 Å². The molecule has 0 saturated carbocycles. The summed E-state index contributed by atoms with van der Waals surface area (Å²) in [5.74, 6) is 2.50. The zero-order valence-corrected chi connectivity index (χ0v) is 11.7. The van der Waals surface area contributed by atoms with Crippen molar-refractivity contribution >= 4 is 11.8 Å². The highest BCUT2D eigenvalue weighted by molar-refractivity contribution is 7.99. The van der Waals surface area contributed by atoms with Crippen molar-refractivity contribution in [2.75, 3.05) is 18.1 Å². The molecule has 1 fully saturated rings. The Labute approximate surface area is 116 Å². The average Bonchev–Trinajstić information content (AvgIpc) is 2.77. The molecule has 1 aliphatic rings. The third kappa shape index (κ3) is 3.89. The maximum absolute atomic E-state index is 12.7. The van der Waals surface area contributed by atoms with Gasteiger partial charge >= 0.3 is 6.18 Å². The molecule has 1 heterocycles. The molecule has 0 amide bonds. The molecule has 19 heavy (non-hydrogen) atoms. The molecule has 1 nitrogen and oxygen atoms in total. The van der Waals surface area contributed by atoms with Gasteiger partial charge in [-0.1, -0.05) is 25.1 Å². The Hall–Kier alpha value is -0.680. The average molecular weight is 289 g/mol. The quantitative estimate of drug-likeness (QED) is 0.909. The predicted octanol–water partition coefficient (Wildman–Crippen LogP) is 3.59. The first-order valence-electron chi connectivity index (χ1n) is 6.48. The Morgan fingerprint density at radius 1 is 1.32 bits per heavy atom. The molecule has 1 aromatic rings. The highest BCUT2D eigenvalue weighted by atomic mass is 32.2. The number of halogens is 3. The molecule has 1 aliphatic heterocycles. The van der Waals surface area contributed by atoms with Crippen molar-refractivity contribution in [1.82, 2.24) is 5.32 Å². The van der Waals surface area contributed by atoms with E-state index in [-0.39, 0.29) is 0 Å². The lowest BCUT2D eigenvalue weighted by atomic mass is 9.94. The number of hydrogen-bond donors (Lipinski definition) is 1. The molecule has 1 saturated heterocycles. The minimum atomic E-state index is -4.25. The van der Waals surface area contributed by atoms with Crippen LogP contribution in [0, 0.1) is 5.92 Å². The van der Waals surface area contributed by atoms with Crippen LogP contribution < -0.4 is 5.32 Å². The lowest BCUT2D eigenvalue weighted by molar-refractivity contribution is -0.137. The van der Waals surface area contributed by atoms with Crippen LogP contribution in [0.25, 0.3) is 0 Å². The topological polar surface area (TPSA) is 12.0 Å². The SMILES string of the molecule is CCNC1CSCC1Cc1cccc(C(F)(F)F)c1. The van der Waals surface area contributed by atoms with Crippen molar-refractivity contribution in [3.8, 4) is 0 Å². The zero-order chi connectivity index (χ0) is 13.9. The number of rotatable bonds is 4. The molecule has 0 aromatic heterocycles. The molecule has 2 rings (SSSR count). The highest BCUT2D eigenvalue weighted by Gasteiger charge is 2.31. The van der Waals surface area contributed by atoms with Gasteiger partial charge in [0.05, 0.1) is 5.56 Å². The second-order valence-electron chi connectivity index (χ2n) is 4.86. The summed E-state index contributed by atoms with van der Waals surface area (Å²) in [6.45, 7) is 2.97. The van der Waals surface area contributed by atoms with Gasteiger partial charge in [-0.3, -0.25) is 0 Å². The summed E-state index contributed by atoms with van der Waals surface area (Å²) < 4.78 is 38.0. The molecule has 2 unspecified atom stereocenters. The Balaban J connectivity index is 2.06. The third-order valence-corrected chi connectivity index (χ3v) is 4.68. The van der Waals surface area contributed by atoms with Crippen LogP contribution >= 0.6 is 11.8 Å². The second-order valence-corrected chi connectivity index (χ2v) is 5.94.